The summed E-state index contributed by atoms with van der Waals surface area (Å²) < 4.78 is 8.71. The highest BCUT2D eigenvalue weighted by atomic mass is 79.9. The molecule has 4 heteroatoms. The van der Waals surface area contributed by atoms with Gasteiger partial charge in [0.25, 0.3) is 0 Å². The lowest BCUT2D eigenvalue weighted by Crippen LogP contribution is -2.25. The second-order valence-corrected chi connectivity index (χ2v) is 7.33. The number of nitrogens with zero attached hydrogens (tertiary/aromatic N) is 1. The van der Waals surface area contributed by atoms with Crippen LogP contribution in [0.3, 0.4) is 0 Å². The van der Waals surface area contributed by atoms with Gasteiger partial charge < -0.3 is 9.14 Å². The first-order valence-corrected chi connectivity index (χ1v) is 8.24. The second-order valence-electron chi connectivity index (χ2n) is 6.47. The van der Waals surface area contributed by atoms with Crippen LogP contribution < -0.4 is 4.74 Å². The third kappa shape index (κ3) is 3.04. The smallest absolute Gasteiger partial charge is 0.316 e. The predicted molar refractivity (Wildman–Crippen MR) is 95.6 cm³/mol. The van der Waals surface area contributed by atoms with Crippen LogP contribution in [0.25, 0.3) is 16.8 Å². The van der Waals surface area contributed by atoms with Crippen molar-refractivity contribution in [2.45, 2.75) is 20.8 Å². The van der Waals surface area contributed by atoms with Crippen molar-refractivity contribution >= 4 is 27.4 Å². The molecule has 0 spiro atoms. The van der Waals surface area contributed by atoms with E-state index in [9.17, 15) is 4.79 Å². The number of hydrogen-bond donors (Lipinski definition) is 0. The molecule has 0 unspecified atom stereocenters. The molecule has 0 aliphatic carbocycles. The van der Waals surface area contributed by atoms with Crippen molar-refractivity contribution in [3.05, 3.63) is 59.2 Å². The van der Waals surface area contributed by atoms with Crippen molar-refractivity contribution in [1.82, 2.24) is 4.40 Å². The van der Waals surface area contributed by atoms with Crippen LogP contribution in [0.15, 0.2) is 59.2 Å². The van der Waals surface area contributed by atoms with Crippen LogP contribution >= 0.6 is 15.9 Å². The van der Waals surface area contributed by atoms with Crippen LogP contribution in [0.1, 0.15) is 20.8 Å². The molecular formula is C19H18BrNO2. The van der Waals surface area contributed by atoms with Crippen LogP contribution in [0.2, 0.25) is 0 Å². The topological polar surface area (TPSA) is 30.7 Å². The Morgan fingerprint density at radius 1 is 1.09 bits per heavy atom. The zero-order valence-corrected chi connectivity index (χ0v) is 14.9. The summed E-state index contributed by atoms with van der Waals surface area (Å²) in [6.45, 7) is 5.55. The maximum absolute atomic E-state index is 12.3. The minimum Gasteiger partial charge on any atom is -0.424 e. The molecule has 0 bridgehead atoms. The van der Waals surface area contributed by atoms with Gasteiger partial charge in [-0.2, -0.15) is 0 Å². The van der Waals surface area contributed by atoms with E-state index in [-0.39, 0.29) is 5.97 Å². The summed E-state index contributed by atoms with van der Waals surface area (Å²) in [7, 11) is 0. The molecule has 0 N–H and O–H groups in total. The number of rotatable bonds is 2. The highest BCUT2D eigenvalue weighted by molar-refractivity contribution is 9.10. The normalized spacial score (nSPS) is 11.7. The minimum absolute atomic E-state index is 0.248. The van der Waals surface area contributed by atoms with E-state index in [0.717, 1.165) is 21.2 Å². The van der Waals surface area contributed by atoms with E-state index in [4.69, 9.17) is 4.74 Å². The molecule has 0 saturated heterocycles. The van der Waals surface area contributed by atoms with Crippen molar-refractivity contribution in [1.29, 1.82) is 0 Å². The van der Waals surface area contributed by atoms with E-state index in [1.807, 2.05) is 79.9 Å². The highest BCUT2D eigenvalue weighted by Gasteiger charge is 2.26. The van der Waals surface area contributed by atoms with Gasteiger partial charge in [-0.1, -0.05) is 40.2 Å². The minimum atomic E-state index is -0.556. The number of pyridine rings is 1. The summed E-state index contributed by atoms with van der Waals surface area (Å²) in [4.78, 5) is 12.3. The molecule has 0 aliphatic rings. The van der Waals surface area contributed by atoms with Crippen molar-refractivity contribution in [3.8, 4) is 17.0 Å². The Bertz CT molecular complexity index is 874. The Balaban J connectivity index is 2.20. The molecule has 3 aromatic rings. The first kappa shape index (κ1) is 15.8. The molecule has 3 nitrogen and oxygen atoms in total. The molecule has 0 saturated carbocycles. The molecule has 1 aromatic carbocycles. The standard InChI is InChI=1S/C19H18BrNO2/c1-19(2,3)18(22)23-16-12-13-8-6-7-11-21(13)17(16)14-9-4-5-10-15(14)20/h4-12H,1-3H3. The average Bonchev–Trinajstić information content (AvgIpc) is 2.84. The lowest BCUT2D eigenvalue weighted by atomic mass is 9.97. The number of benzene rings is 1. The number of fused-ring (bicyclic) bond motifs is 1. The van der Waals surface area contributed by atoms with Gasteiger partial charge >= 0.3 is 5.97 Å². The Morgan fingerprint density at radius 2 is 1.78 bits per heavy atom. The summed E-state index contributed by atoms with van der Waals surface area (Å²) in [6.07, 6.45) is 1.97. The van der Waals surface area contributed by atoms with Gasteiger partial charge in [0.1, 0.15) is 0 Å². The quantitative estimate of drug-likeness (QED) is 0.570. The van der Waals surface area contributed by atoms with Gasteiger partial charge in [-0.15, -0.1) is 0 Å². The lowest BCUT2D eigenvalue weighted by Gasteiger charge is -2.17. The number of ether oxygens (including phenoxy) is 1. The van der Waals surface area contributed by atoms with Gasteiger partial charge in [-0.3, -0.25) is 4.79 Å². The maximum atomic E-state index is 12.3. The van der Waals surface area contributed by atoms with Crippen molar-refractivity contribution in [2.24, 2.45) is 5.41 Å². The molecule has 0 fully saturated rings. The van der Waals surface area contributed by atoms with E-state index in [0.29, 0.717) is 5.75 Å². The van der Waals surface area contributed by atoms with Crippen molar-refractivity contribution in [2.75, 3.05) is 0 Å². The molecule has 118 valence electrons. The number of carbonyl (C=O) groups is 1. The fourth-order valence-electron chi connectivity index (χ4n) is 2.35. The first-order valence-electron chi connectivity index (χ1n) is 7.45. The zero-order chi connectivity index (χ0) is 16.6. The van der Waals surface area contributed by atoms with E-state index in [1.165, 1.54) is 0 Å². The third-order valence-electron chi connectivity index (χ3n) is 3.59. The van der Waals surface area contributed by atoms with Crippen LogP contribution in [0, 0.1) is 5.41 Å². The fourth-order valence-corrected chi connectivity index (χ4v) is 2.82. The highest BCUT2D eigenvalue weighted by Crippen LogP contribution is 2.38. The number of carbonyl (C=O) groups excluding carboxylic acids is 1. The summed E-state index contributed by atoms with van der Waals surface area (Å²) in [5, 5.41) is 0. The summed E-state index contributed by atoms with van der Waals surface area (Å²) in [5.41, 5.74) is 2.27. The Morgan fingerprint density at radius 3 is 2.48 bits per heavy atom. The van der Waals surface area contributed by atoms with Gasteiger partial charge in [-0.05, 0) is 39.0 Å². The predicted octanol–water partition coefficient (Wildman–Crippen LogP) is 5.32. The number of halogens is 1. The summed E-state index contributed by atoms with van der Waals surface area (Å²) >= 11 is 3.59. The molecular weight excluding hydrogens is 354 g/mol. The largest absolute Gasteiger partial charge is 0.424 e. The average molecular weight is 372 g/mol. The van der Waals surface area contributed by atoms with E-state index in [1.54, 1.807) is 0 Å². The Kier molecular flexibility index (Phi) is 4.02. The second kappa shape index (κ2) is 5.85. The summed E-state index contributed by atoms with van der Waals surface area (Å²) in [6, 6.07) is 15.7. The SMILES string of the molecule is CC(C)(C)C(=O)Oc1cc2ccccn2c1-c1ccccc1Br. The van der Waals surface area contributed by atoms with Crippen LogP contribution in [0.4, 0.5) is 0 Å². The molecule has 2 aromatic heterocycles. The van der Waals surface area contributed by atoms with Gasteiger partial charge in [0, 0.05) is 27.8 Å². The fraction of sp³-hybridized carbons (Fsp3) is 0.211. The number of aromatic nitrogens is 1. The van der Waals surface area contributed by atoms with Crippen LogP contribution in [-0.4, -0.2) is 10.4 Å². The monoisotopic (exact) mass is 371 g/mol. The van der Waals surface area contributed by atoms with E-state index < -0.39 is 5.41 Å². The molecule has 0 atom stereocenters. The molecule has 0 aliphatic heterocycles. The Hall–Kier alpha value is -2.07. The Labute approximate surface area is 144 Å². The number of esters is 1. The molecule has 2 heterocycles. The van der Waals surface area contributed by atoms with E-state index >= 15 is 0 Å². The van der Waals surface area contributed by atoms with Gasteiger partial charge in [0.2, 0.25) is 0 Å². The first-order chi connectivity index (χ1) is 10.9. The molecule has 0 amide bonds. The maximum Gasteiger partial charge on any atom is 0.316 e. The van der Waals surface area contributed by atoms with Gasteiger partial charge in [0.05, 0.1) is 11.1 Å². The van der Waals surface area contributed by atoms with Gasteiger partial charge in [0.15, 0.2) is 5.75 Å². The van der Waals surface area contributed by atoms with Crippen molar-refractivity contribution in [3.63, 3.8) is 0 Å². The van der Waals surface area contributed by atoms with Crippen LogP contribution in [-0.2, 0) is 4.79 Å². The van der Waals surface area contributed by atoms with Gasteiger partial charge in [-0.25, -0.2) is 0 Å². The van der Waals surface area contributed by atoms with Crippen LogP contribution in [0.5, 0.6) is 5.75 Å². The summed E-state index contributed by atoms with van der Waals surface area (Å²) in [5.74, 6) is 0.324. The molecule has 3 rings (SSSR count). The third-order valence-corrected chi connectivity index (χ3v) is 4.28. The lowest BCUT2D eigenvalue weighted by molar-refractivity contribution is -0.142. The molecule has 0 radical (unpaired) electrons. The van der Waals surface area contributed by atoms with E-state index in [2.05, 4.69) is 15.9 Å². The van der Waals surface area contributed by atoms with Crippen molar-refractivity contribution < 1.29 is 9.53 Å². The zero-order valence-electron chi connectivity index (χ0n) is 13.3. The molecule has 23 heavy (non-hydrogen) atoms. The number of hydrogen-bond acceptors (Lipinski definition) is 2.